The maximum Gasteiger partial charge on any atom is 0.407 e. The first-order chi connectivity index (χ1) is 9.84. The summed E-state index contributed by atoms with van der Waals surface area (Å²) in [7, 11) is 0. The van der Waals surface area contributed by atoms with Gasteiger partial charge in [0.2, 0.25) is 5.82 Å². The number of rotatable bonds is 4. The number of amides is 1. The van der Waals surface area contributed by atoms with Crippen LogP contribution in [0.15, 0.2) is 36.7 Å². The topological polar surface area (TPSA) is 79.9 Å². The maximum atomic E-state index is 11.4. The van der Waals surface area contributed by atoms with Gasteiger partial charge in [-0.3, -0.25) is 5.10 Å². The lowest BCUT2D eigenvalue weighted by molar-refractivity contribution is 0.140. The summed E-state index contributed by atoms with van der Waals surface area (Å²) in [6.45, 7) is 0.686. The van der Waals surface area contributed by atoms with Gasteiger partial charge in [-0.15, -0.1) is 0 Å². The Morgan fingerprint density at radius 2 is 2.20 bits per heavy atom. The quantitative estimate of drug-likeness (QED) is 0.651. The van der Waals surface area contributed by atoms with Crippen LogP contribution in [0.25, 0.3) is 0 Å². The van der Waals surface area contributed by atoms with Gasteiger partial charge < -0.3 is 10.1 Å². The van der Waals surface area contributed by atoms with Crippen LogP contribution in [-0.2, 0) is 11.3 Å². The summed E-state index contributed by atoms with van der Waals surface area (Å²) in [5.41, 5.74) is 0.952. The fourth-order valence-electron chi connectivity index (χ4n) is 1.41. The van der Waals surface area contributed by atoms with E-state index in [0.29, 0.717) is 18.8 Å². The number of carbonyl (C=O) groups excluding carboxylic acids is 1. The highest BCUT2D eigenvalue weighted by molar-refractivity contribution is 5.67. The Kier molecular flexibility index (Phi) is 5.17. The van der Waals surface area contributed by atoms with Crippen LogP contribution in [0.5, 0.6) is 0 Å². The van der Waals surface area contributed by atoms with E-state index in [0.717, 1.165) is 5.56 Å². The number of alkyl carbamates (subject to hydrolysis) is 1. The first-order valence-corrected chi connectivity index (χ1v) is 6.13. The van der Waals surface area contributed by atoms with Gasteiger partial charge in [-0.2, -0.15) is 5.10 Å². The largest absolute Gasteiger partial charge is 0.445 e. The van der Waals surface area contributed by atoms with Crippen molar-refractivity contribution in [3.8, 4) is 11.8 Å². The molecule has 2 aromatic rings. The van der Waals surface area contributed by atoms with E-state index in [2.05, 4.69) is 32.3 Å². The normalized spacial score (nSPS) is 9.40. The fraction of sp³-hybridized carbons (Fsp3) is 0.214. The zero-order valence-corrected chi connectivity index (χ0v) is 10.8. The Morgan fingerprint density at radius 3 is 2.95 bits per heavy atom. The molecule has 6 heteroatoms. The van der Waals surface area contributed by atoms with Gasteiger partial charge in [0.1, 0.15) is 12.9 Å². The Labute approximate surface area is 116 Å². The molecule has 0 fully saturated rings. The molecule has 6 nitrogen and oxygen atoms in total. The number of H-pyrrole nitrogens is 1. The highest BCUT2D eigenvalue weighted by atomic mass is 16.5. The number of aromatic nitrogens is 3. The summed E-state index contributed by atoms with van der Waals surface area (Å²) in [4.78, 5) is 15.3. The first kappa shape index (κ1) is 13.6. The summed E-state index contributed by atoms with van der Waals surface area (Å²) < 4.78 is 5.05. The number of benzene rings is 1. The zero-order valence-electron chi connectivity index (χ0n) is 10.8. The minimum Gasteiger partial charge on any atom is -0.445 e. The third kappa shape index (κ3) is 4.82. The van der Waals surface area contributed by atoms with Crippen molar-refractivity contribution in [3.63, 3.8) is 0 Å². The summed E-state index contributed by atoms with van der Waals surface area (Å²) in [5, 5.41) is 8.93. The molecule has 0 aliphatic heterocycles. The summed E-state index contributed by atoms with van der Waals surface area (Å²) >= 11 is 0. The van der Waals surface area contributed by atoms with E-state index in [-0.39, 0.29) is 6.61 Å². The molecular weight excluding hydrogens is 256 g/mol. The van der Waals surface area contributed by atoms with Gasteiger partial charge in [0.05, 0.1) is 0 Å². The molecule has 0 aliphatic rings. The standard InChI is InChI=1S/C14H14N4O2/c19-14(20-10-12-6-2-1-3-7-12)15-9-5-4-8-13-16-11-17-18-13/h1-3,6-7,11H,5,9-10H2,(H,15,19)(H,16,17,18). The van der Waals surface area contributed by atoms with Gasteiger partial charge in [-0.25, -0.2) is 9.78 Å². The van der Waals surface area contributed by atoms with Crippen LogP contribution in [0.4, 0.5) is 4.79 Å². The molecule has 2 rings (SSSR count). The number of ether oxygens (including phenoxy) is 1. The van der Waals surface area contributed by atoms with Gasteiger partial charge in [0.15, 0.2) is 0 Å². The highest BCUT2D eigenvalue weighted by Crippen LogP contribution is 2.00. The Bertz CT molecular complexity index is 585. The van der Waals surface area contributed by atoms with Crippen molar-refractivity contribution >= 4 is 6.09 Å². The van der Waals surface area contributed by atoms with Crippen molar-refractivity contribution in [3.05, 3.63) is 48.0 Å². The van der Waals surface area contributed by atoms with Gasteiger partial charge in [-0.1, -0.05) is 36.3 Å². The van der Waals surface area contributed by atoms with Crippen LogP contribution in [0.3, 0.4) is 0 Å². The van der Waals surface area contributed by atoms with E-state index in [1.165, 1.54) is 6.33 Å². The first-order valence-electron chi connectivity index (χ1n) is 6.13. The van der Waals surface area contributed by atoms with Crippen molar-refractivity contribution in [1.82, 2.24) is 20.5 Å². The SMILES string of the molecule is O=C(NCCC#Cc1ncn[nH]1)OCc1ccccc1. The van der Waals surface area contributed by atoms with Gasteiger partial charge in [0.25, 0.3) is 0 Å². The second kappa shape index (κ2) is 7.59. The Hall–Kier alpha value is -2.81. The molecule has 2 N–H and O–H groups in total. The van der Waals surface area contributed by atoms with Gasteiger partial charge >= 0.3 is 6.09 Å². The lowest BCUT2D eigenvalue weighted by Crippen LogP contribution is -2.24. The molecule has 0 atom stereocenters. The van der Waals surface area contributed by atoms with Crippen molar-refractivity contribution in [2.45, 2.75) is 13.0 Å². The zero-order chi connectivity index (χ0) is 14.0. The molecule has 1 amide bonds. The van der Waals surface area contributed by atoms with Crippen LogP contribution in [0.1, 0.15) is 17.8 Å². The minimum atomic E-state index is -0.449. The number of hydrogen-bond acceptors (Lipinski definition) is 4. The molecule has 0 unspecified atom stereocenters. The second-order valence-electron chi connectivity index (χ2n) is 3.87. The number of nitrogens with one attached hydrogen (secondary N) is 2. The Morgan fingerprint density at radius 1 is 1.35 bits per heavy atom. The van der Waals surface area contributed by atoms with Crippen LogP contribution >= 0.6 is 0 Å². The van der Waals surface area contributed by atoms with Crippen molar-refractivity contribution in [1.29, 1.82) is 0 Å². The molecule has 102 valence electrons. The predicted molar refractivity (Wildman–Crippen MR) is 72.5 cm³/mol. The van der Waals surface area contributed by atoms with Crippen LogP contribution in [0, 0.1) is 11.8 Å². The predicted octanol–water partition coefficient (Wildman–Crippen LogP) is 1.47. The van der Waals surface area contributed by atoms with Crippen LogP contribution in [0.2, 0.25) is 0 Å². The summed E-state index contributed by atoms with van der Waals surface area (Å²) in [6.07, 6.45) is 1.46. The second-order valence-corrected chi connectivity index (χ2v) is 3.87. The lowest BCUT2D eigenvalue weighted by atomic mass is 10.2. The molecule has 0 radical (unpaired) electrons. The average molecular weight is 270 g/mol. The van der Waals surface area contributed by atoms with E-state index in [1.807, 2.05) is 30.3 Å². The third-order valence-corrected chi connectivity index (χ3v) is 2.35. The highest BCUT2D eigenvalue weighted by Gasteiger charge is 2.00. The van der Waals surface area contributed by atoms with Gasteiger partial charge in [0, 0.05) is 13.0 Å². The molecule has 1 aromatic carbocycles. The van der Waals surface area contributed by atoms with Crippen LogP contribution < -0.4 is 5.32 Å². The molecule has 0 saturated carbocycles. The molecule has 0 aliphatic carbocycles. The maximum absolute atomic E-state index is 11.4. The molecular formula is C14H14N4O2. The minimum absolute atomic E-state index is 0.260. The van der Waals surface area contributed by atoms with E-state index in [1.54, 1.807) is 0 Å². The number of hydrogen-bond donors (Lipinski definition) is 2. The van der Waals surface area contributed by atoms with Crippen molar-refractivity contribution in [2.24, 2.45) is 0 Å². The third-order valence-electron chi connectivity index (χ3n) is 2.35. The number of carbonyl (C=O) groups is 1. The summed E-state index contributed by atoms with van der Waals surface area (Å²) in [5.74, 6) is 6.16. The Balaban J connectivity index is 1.61. The van der Waals surface area contributed by atoms with E-state index >= 15 is 0 Å². The number of nitrogens with zero attached hydrogens (tertiary/aromatic N) is 2. The number of aromatic amines is 1. The molecule has 0 bridgehead atoms. The smallest absolute Gasteiger partial charge is 0.407 e. The molecule has 20 heavy (non-hydrogen) atoms. The van der Waals surface area contributed by atoms with E-state index in [9.17, 15) is 4.79 Å². The molecule has 1 heterocycles. The van der Waals surface area contributed by atoms with E-state index in [4.69, 9.17) is 4.74 Å². The lowest BCUT2D eigenvalue weighted by Gasteiger charge is -2.05. The van der Waals surface area contributed by atoms with Gasteiger partial charge in [-0.05, 0) is 11.5 Å². The average Bonchev–Trinajstić information content (AvgIpc) is 2.99. The van der Waals surface area contributed by atoms with Crippen LogP contribution in [-0.4, -0.2) is 27.8 Å². The monoisotopic (exact) mass is 270 g/mol. The van der Waals surface area contributed by atoms with E-state index < -0.39 is 6.09 Å². The molecule has 0 spiro atoms. The fourth-order valence-corrected chi connectivity index (χ4v) is 1.41. The summed E-state index contributed by atoms with van der Waals surface area (Å²) in [6, 6.07) is 9.51. The van der Waals surface area contributed by atoms with Crippen molar-refractivity contribution in [2.75, 3.05) is 6.54 Å². The molecule has 1 aromatic heterocycles. The molecule has 0 saturated heterocycles. The van der Waals surface area contributed by atoms with Crippen molar-refractivity contribution < 1.29 is 9.53 Å².